The van der Waals surface area contributed by atoms with Crippen molar-refractivity contribution in [1.82, 2.24) is 19.9 Å². The minimum atomic E-state index is -0.664. The normalized spacial score (nSPS) is 10.9. The molecule has 0 atom stereocenters. The maximum absolute atomic E-state index is 12.0. The summed E-state index contributed by atoms with van der Waals surface area (Å²) in [5.74, 6) is 1.42. The first kappa shape index (κ1) is 16.6. The van der Waals surface area contributed by atoms with Crippen molar-refractivity contribution in [1.29, 1.82) is 0 Å². The van der Waals surface area contributed by atoms with Gasteiger partial charge in [0.1, 0.15) is 18.0 Å². The van der Waals surface area contributed by atoms with Crippen LogP contribution in [0.2, 0.25) is 0 Å². The summed E-state index contributed by atoms with van der Waals surface area (Å²) < 4.78 is 27.0. The molecule has 0 bridgehead atoms. The van der Waals surface area contributed by atoms with Gasteiger partial charge in [0.05, 0.1) is 26.0 Å². The Morgan fingerprint density at radius 2 is 2.07 bits per heavy atom. The van der Waals surface area contributed by atoms with Gasteiger partial charge in [-0.25, -0.2) is 4.79 Å². The fourth-order valence-electron chi connectivity index (χ4n) is 2.45. The zero-order chi connectivity index (χ0) is 18.8. The molecule has 10 nitrogen and oxygen atoms in total. The minimum absolute atomic E-state index is 0.0471. The maximum atomic E-state index is 12.0. The largest absolute Gasteiger partial charge is 0.497 e. The Bertz CT molecular complexity index is 1110. The van der Waals surface area contributed by atoms with Gasteiger partial charge >= 0.3 is 5.76 Å². The molecule has 1 aromatic carbocycles. The highest BCUT2D eigenvalue weighted by Gasteiger charge is 2.18. The molecule has 10 heteroatoms. The quantitative estimate of drug-likeness (QED) is 0.503. The Kier molecular flexibility index (Phi) is 4.21. The van der Waals surface area contributed by atoms with Gasteiger partial charge in [0.2, 0.25) is 11.7 Å². The van der Waals surface area contributed by atoms with Gasteiger partial charge in [0.15, 0.2) is 5.76 Å². The lowest BCUT2D eigenvalue weighted by molar-refractivity contribution is 0.359. The van der Waals surface area contributed by atoms with E-state index >= 15 is 0 Å². The number of methoxy groups -OCH3 is 2. The van der Waals surface area contributed by atoms with E-state index in [-0.39, 0.29) is 18.3 Å². The molecule has 0 unspecified atom stereocenters. The molecule has 3 aromatic heterocycles. The van der Waals surface area contributed by atoms with Crippen molar-refractivity contribution in [3.05, 3.63) is 53.0 Å². The number of hydrogen-bond acceptors (Lipinski definition) is 9. The molecule has 0 saturated heterocycles. The highest BCUT2D eigenvalue weighted by molar-refractivity contribution is 5.65. The van der Waals surface area contributed by atoms with Crippen molar-refractivity contribution in [2.75, 3.05) is 14.2 Å². The molecule has 0 saturated carbocycles. The second-order valence-electron chi connectivity index (χ2n) is 5.39. The van der Waals surface area contributed by atoms with E-state index in [0.29, 0.717) is 28.6 Å². The highest BCUT2D eigenvalue weighted by Crippen LogP contribution is 2.31. The summed E-state index contributed by atoms with van der Waals surface area (Å²) in [6.45, 7) is -0.0471. The number of aromatic nitrogens is 4. The van der Waals surface area contributed by atoms with E-state index in [0.717, 1.165) is 4.68 Å². The van der Waals surface area contributed by atoms with E-state index in [2.05, 4.69) is 15.2 Å². The van der Waals surface area contributed by atoms with Crippen LogP contribution in [-0.2, 0) is 6.54 Å². The van der Waals surface area contributed by atoms with E-state index in [1.165, 1.54) is 13.4 Å². The summed E-state index contributed by atoms with van der Waals surface area (Å²) in [5.41, 5.74) is 0.622. The number of benzene rings is 1. The number of ether oxygens (including phenoxy) is 2. The predicted octanol–water partition coefficient (Wildman–Crippen LogP) is 2.21. The smallest absolute Gasteiger partial charge is 0.437 e. The summed E-state index contributed by atoms with van der Waals surface area (Å²) in [7, 11) is 3.10. The van der Waals surface area contributed by atoms with Crippen molar-refractivity contribution >= 4 is 0 Å². The molecule has 0 amide bonds. The average molecular weight is 370 g/mol. The number of furan rings is 1. The van der Waals surface area contributed by atoms with Crippen LogP contribution in [0.5, 0.6) is 11.5 Å². The molecular weight excluding hydrogens is 356 g/mol. The number of rotatable bonds is 6. The summed E-state index contributed by atoms with van der Waals surface area (Å²) >= 11 is 0. The van der Waals surface area contributed by atoms with Crippen LogP contribution in [0.4, 0.5) is 0 Å². The molecule has 4 rings (SSSR count). The monoisotopic (exact) mass is 370 g/mol. The third-order valence-corrected chi connectivity index (χ3v) is 3.74. The topological polar surface area (TPSA) is 119 Å². The molecule has 0 radical (unpaired) electrons. The van der Waals surface area contributed by atoms with Crippen LogP contribution in [0.15, 0.2) is 54.7 Å². The van der Waals surface area contributed by atoms with Gasteiger partial charge in [-0.1, -0.05) is 5.16 Å². The molecule has 0 fully saturated rings. The lowest BCUT2D eigenvalue weighted by Crippen LogP contribution is -2.16. The Labute approximate surface area is 151 Å². The van der Waals surface area contributed by atoms with E-state index in [1.807, 2.05) is 0 Å². The summed E-state index contributed by atoms with van der Waals surface area (Å²) in [5, 5.41) is 7.99. The first-order valence-electron chi connectivity index (χ1n) is 7.84. The Balaban J connectivity index is 1.60. The SMILES string of the molecule is COc1ccc(-c2noc(Cn3nc(-c4ccco4)oc3=O)n2)c(OC)c1. The van der Waals surface area contributed by atoms with Gasteiger partial charge in [0.25, 0.3) is 5.89 Å². The first-order chi connectivity index (χ1) is 13.2. The van der Waals surface area contributed by atoms with Crippen LogP contribution in [0.3, 0.4) is 0 Å². The second-order valence-corrected chi connectivity index (χ2v) is 5.39. The van der Waals surface area contributed by atoms with E-state index in [9.17, 15) is 4.79 Å². The van der Waals surface area contributed by atoms with E-state index < -0.39 is 5.76 Å². The molecule has 3 heterocycles. The average Bonchev–Trinajstić information content (AvgIpc) is 3.43. The molecule has 0 aliphatic heterocycles. The molecule has 27 heavy (non-hydrogen) atoms. The van der Waals surface area contributed by atoms with Crippen LogP contribution in [0.25, 0.3) is 23.0 Å². The summed E-state index contributed by atoms with van der Waals surface area (Å²) in [6, 6.07) is 8.52. The Hall–Kier alpha value is -3.82. The molecule has 138 valence electrons. The van der Waals surface area contributed by atoms with Crippen molar-refractivity contribution in [3.63, 3.8) is 0 Å². The lowest BCUT2D eigenvalue weighted by Gasteiger charge is -2.07. The predicted molar refractivity (Wildman–Crippen MR) is 90.4 cm³/mol. The molecule has 4 aromatic rings. The Morgan fingerprint density at radius 1 is 1.19 bits per heavy atom. The lowest BCUT2D eigenvalue weighted by atomic mass is 10.2. The maximum Gasteiger partial charge on any atom is 0.437 e. The zero-order valence-electron chi connectivity index (χ0n) is 14.4. The fourth-order valence-corrected chi connectivity index (χ4v) is 2.45. The van der Waals surface area contributed by atoms with Crippen molar-refractivity contribution in [3.8, 4) is 34.5 Å². The highest BCUT2D eigenvalue weighted by atomic mass is 16.5. The van der Waals surface area contributed by atoms with Crippen LogP contribution < -0.4 is 15.2 Å². The zero-order valence-corrected chi connectivity index (χ0v) is 14.4. The van der Waals surface area contributed by atoms with Gasteiger partial charge in [-0.05, 0) is 24.3 Å². The van der Waals surface area contributed by atoms with Crippen LogP contribution in [0, 0.1) is 0 Å². The molecular formula is C17H14N4O6. The Morgan fingerprint density at radius 3 is 2.81 bits per heavy atom. The second kappa shape index (κ2) is 6.83. The number of hydrogen-bond donors (Lipinski definition) is 0. The molecule has 0 spiro atoms. The van der Waals surface area contributed by atoms with Crippen molar-refractivity contribution < 1.29 is 22.8 Å². The standard InChI is InChI=1S/C17H14N4O6/c1-23-10-5-6-11(13(8-10)24-2)15-18-14(27-20-15)9-21-17(22)26-16(19-21)12-4-3-7-25-12/h3-8H,9H2,1-2H3. The fraction of sp³-hybridized carbons (Fsp3) is 0.176. The molecule has 0 N–H and O–H groups in total. The van der Waals surface area contributed by atoms with Crippen molar-refractivity contribution in [2.24, 2.45) is 0 Å². The van der Waals surface area contributed by atoms with Gasteiger partial charge in [-0.15, -0.1) is 5.10 Å². The molecule has 0 aliphatic carbocycles. The van der Waals surface area contributed by atoms with Crippen molar-refractivity contribution in [2.45, 2.75) is 6.54 Å². The van der Waals surface area contributed by atoms with Gasteiger partial charge < -0.3 is 22.8 Å². The third kappa shape index (κ3) is 3.19. The summed E-state index contributed by atoms with van der Waals surface area (Å²) in [6.07, 6.45) is 1.46. The molecule has 0 aliphatic rings. The van der Waals surface area contributed by atoms with Crippen LogP contribution in [0.1, 0.15) is 5.89 Å². The van der Waals surface area contributed by atoms with Crippen LogP contribution in [-0.4, -0.2) is 34.1 Å². The van der Waals surface area contributed by atoms with E-state index in [1.54, 1.807) is 37.4 Å². The third-order valence-electron chi connectivity index (χ3n) is 3.74. The minimum Gasteiger partial charge on any atom is -0.497 e. The van der Waals surface area contributed by atoms with Gasteiger partial charge in [-0.3, -0.25) is 0 Å². The first-order valence-corrected chi connectivity index (χ1v) is 7.84. The van der Waals surface area contributed by atoms with Gasteiger partial charge in [-0.2, -0.15) is 9.67 Å². The summed E-state index contributed by atoms with van der Waals surface area (Å²) in [4.78, 5) is 16.2. The van der Waals surface area contributed by atoms with Gasteiger partial charge in [0, 0.05) is 6.07 Å². The van der Waals surface area contributed by atoms with Crippen LogP contribution >= 0.6 is 0 Å². The number of nitrogens with zero attached hydrogens (tertiary/aromatic N) is 4. The van der Waals surface area contributed by atoms with E-state index in [4.69, 9.17) is 22.8 Å².